The van der Waals surface area contributed by atoms with E-state index < -0.39 is 0 Å². The van der Waals surface area contributed by atoms with Crippen LogP contribution in [0.5, 0.6) is 0 Å². The Morgan fingerprint density at radius 2 is 2.29 bits per heavy atom. The Balaban J connectivity index is 1.90. The fourth-order valence-corrected chi connectivity index (χ4v) is 2.45. The van der Waals surface area contributed by atoms with Crippen LogP contribution < -0.4 is 0 Å². The molecule has 1 amide bonds. The standard InChI is InChI=1S/C13H14N3O/c17-9-16-7-3-4-10(8-16)13-14-11-5-1-2-6-12(11)15-13/h1-2,5-6,10H,3-4,7-8H2,(H,14,15). The summed E-state index contributed by atoms with van der Waals surface area (Å²) >= 11 is 0. The predicted molar refractivity (Wildman–Crippen MR) is 65.3 cm³/mol. The van der Waals surface area contributed by atoms with E-state index in [1.54, 1.807) is 4.90 Å². The zero-order valence-corrected chi connectivity index (χ0v) is 9.52. The van der Waals surface area contributed by atoms with E-state index in [1.807, 2.05) is 30.7 Å². The van der Waals surface area contributed by atoms with E-state index in [0.29, 0.717) is 5.92 Å². The first-order chi connectivity index (χ1) is 8.36. The highest BCUT2D eigenvalue weighted by molar-refractivity contribution is 5.74. The minimum absolute atomic E-state index is 0.317. The molecular formula is C13H14N3O. The van der Waals surface area contributed by atoms with Gasteiger partial charge in [0, 0.05) is 19.0 Å². The fraction of sp³-hybridized carbons (Fsp3) is 0.385. The summed E-state index contributed by atoms with van der Waals surface area (Å²) in [6.45, 7) is 1.55. The third-order valence-corrected chi connectivity index (χ3v) is 3.34. The van der Waals surface area contributed by atoms with Crippen LogP contribution in [0.15, 0.2) is 24.3 Å². The second-order valence-corrected chi connectivity index (χ2v) is 4.52. The van der Waals surface area contributed by atoms with Gasteiger partial charge in [0.1, 0.15) is 5.82 Å². The van der Waals surface area contributed by atoms with Gasteiger partial charge in [0.2, 0.25) is 0 Å². The number of aromatic nitrogens is 2. The number of piperidine rings is 1. The van der Waals surface area contributed by atoms with E-state index in [2.05, 4.69) is 9.97 Å². The van der Waals surface area contributed by atoms with Crippen molar-refractivity contribution in [1.82, 2.24) is 14.9 Å². The van der Waals surface area contributed by atoms with Crippen molar-refractivity contribution in [2.24, 2.45) is 0 Å². The van der Waals surface area contributed by atoms with Gasteiger partial charge in [0.25, 0.3) is 0 Å². The molecule has 0 saturated carbocycles. The van der Waals surface area contributed by atoms with Crippen LogP contribution in [0.4, 0.5) is 0 Å². The maximum Gasteiger partial charge on any atom is 0.312 e. The first-order valence-electron chi connectivity index (χ1n) is 5.94. The van der Waals surface area contributed by atoms with Crippen molar-refractivity contribution in [2.75, 3.05) is 13.1 Å². The molecule has 2 heterocycles. The number of hydrogen-bond donors (Lipinski definition) is 1. The molecule has 4 heteroatoms. The summed E-state index contributed by atoms with van der Waals surface area (Å²) in [6.07, 6.45) is 4.09. The topological polar surface area (TPSA) is 49.0 Å². The predicted octanol–water partition coefficient (Wildman–Crippen LogP) is 1.81. The molecule has 0 bridgehead atoms. The van der Waals surface area contributed by atoms with Crippen molar-refractivity contribution in [2.45, 2.75) is 18.8 Å². The number of fused-ring (bicyclic) bond motifs is 1. The molecule has 2 aromatic rings. The van der Waals surface area contributed by atoms with Gasteiger partial charge in [-0.1, -0.05) is 12.1 Å². The van der Waals surface area contributed by atoms with Crippen LogP contribution in [0.2, 0.25) is 0 Å². The highest BCUT2D eigenvalue weighted by atomic mass is 16.1. The Kier molecular flexibility index (Phi) is 2.55. The summed E-state index contributed by atoms with van der Waals surface area (Å²) in [5.41, 5.74) is 2.06. The van der Waals surface area contributed by atoms with Crippen molar-refractivity contribution < 1.29 is 4.79 Å². The van der Waals surface area contributed by atoms with E-state index in [-0.39, 0.29) is 0 Å². The molecule has 4 nitrogen and oxygen atoms in total. The molecule has 1 aliphatic heterocycles. The maximum atomic E-state index is 10.7. The smallest absolute Gasteiger partial charge is 0.312 e. The summed E-state index contributed by atoms with van der Waals surface area (Å²) in [6, 6.07) is 8.01. The Morgan fingerprint density at radius 1 is 1.41 bits per heavy atom. The van der Waals surface area contributed by atoms with Crippen LogP contribution in [0.25, 0.3) is 11.0 Å². The number of hydrogen-bond acceptors (Lipinski definition) is 2. The molecule has 17 heavy (non-hydrogen) atoms. The SMILES string of the molecule is O=[C]N1CCCC(c2nc3ccccc3[nH]2)C1. The lowest BCUT2D eigenvalue weighted by Crippen LogP contribution is -2.33. The molecule has 1 aromatic heterocycles. The minimum Gasteiger partial charge on any atom is -0.342 e. The number of nitrogens with one attached hydrogen (secondary N) is 1. The number of imidazole rings is 1. The van der Waals surface area contributed by atoms with E-state index in [9.17, 15) is 4.79 Å². The number of amides is 1. The number of benzene rings is 1. The van der Waals surface area contributed by atoms with Gasteiger partial charge in [-0.2, -0.15) is 0 Å². The van der Waals surface area contributed by atoms with E-state index in [4.69, 9.17) is 0 Å². The first-order valence-corrected chi connectivity index (χ1v) is 5.94. The first kappa shape index (κ1) is 10.3. The number of aromatic amines is 1. The van der Waals surface area contributed by atoms with Crippen LogP contribution in [-0.4, -0.2) is 34.4 Å². The van der Waals surface area contributed by atoms with Crippen molar-refractivity contribution >= 4 is 17.4 Å². The zero-order valence-electron chi connectivity index (χ0n) is 9.52. The molecule has 1 aliphatic rings. The number of para-hydroxylation sites is 2. The lowest BCUT2D eigenvalue weighted by atomic mass is 9.98. The fourth-order valence-electron chi connectivity index (χ4n) is 2.45. The third kappa shape index (κ3) is 1.90. The molecule has 1 N–H and O–H groups in total. The molecule has 3 rings (SSSR count). The number of nitrogens with zero attached hydrogens (tertiary/aromatic N) is 2. The van der Waals surface area contributed by atoms with Crippen molar-refractivity contribution in [3.63, 3.8) is 0 Å². The Morgan fingerprint density at radius 3 is 3.12 bits per heavy atom. The lowest BCUT2D eigenvalue weighted by Gasteiger charge is -2.27. The van der Waals surface area contributed by atoms with Gasteiger partial charge in [0.05, 0.1) is 11.0 Å². The van der Waals surface area contributed by atoms with Gasteiger partial charge in [-0.25, -0.2) is 4.98 Å². The van der Waals surface area contributed by atoms with Crippen LogP contribution >= 0.6 is 0 Å². The molecule has 1 saturated heterocycles. The van der Waals surface area contributed by atoms with Crippen molar-refractivity contribution in [3.8, 4) is 0 Å². The summed E-state index contributed by atoms with van der Waals surface area (Å²) < 4.78 is 0. The molecule has 1 aromatic carbocycles. The van der Waals surface area contributed by atoms with Crippen LogP contribution in [0, 0.1) is 0 Å². The Hall–Kier alpha value is -1.84. The van der Waals surface area contributed by atoms with Crippen molar-refractivity contribution in [3.05, 3.63) is 30.1 Å². The molecule has 1 fully saturated rings. The van der Waals surface area contributed by atoms with E-state index in [1.165, 1.54) is 0 Å². The van der Waals surface area contributed by atoms with E-state index in [0.717, 1.165) is 42.8 Å². The molecule has 1 radical (unpaired) electrons. The molecule has 0 aliphatic carbocycles. The zero-order chi connectivity index (χ0) is 11.7. The van der Waals surface area contributed by atoms with Gasteiger partial charge in [-0.3, -0.25) is 4.79 Å². The summed E-state index contributed by atoms with van der Waals surface area (Å²) in [7, 11) is 0. The average Bonchev–Trinajstić information content (AvgIpc) is 2.82. The molecule has 87 valence electrons. The summed E-state index contributed by atoms with van der Waals surface area (Å²) in [4.78, 5) is 20.3. The lowest BCUT2D eigenvalue weighted by molar-refractivity contribution is 0.289. The number of H-pyrrole nitrogens is 1. The van der Waals surface area contributed by atoms with Crippen LogP contribution in [-0.2, 0) is 4.79 Å². The highest BCUT2D eigenvalue weighted by Gasteiger charge is 2.23. The number of carbonyl (C=O) groups excluding carboxylic acids is 1. The summed E-state index contributed by atoms with van der Waals surface area (Å²) in [5, 5.41) is 0. The monoisotopic (exact) mass is 228 g/mol. The molecule has 1 unspecified atom stereocenters. The van der Waals surface area contributed by atoms with Gasteiger partial charge < -0.3 is 9.88 Å². The van der Waals surface area contributed by atoms with Gasteiger partial charge in [0.15, 0.2) is 0 Å². The largest absolute Gasteiger partial charge is 0.342 e. The second kappa shape index (κ2) is 4.20. The van der Waals surface area contributed by atoms with Crippen molar-refractivity contribution in [1.29, 1.82) is 0 Å². The molecular weight excluding hydrogens is 214 g/mol. The highest BCUT2D eigenvalue weighted by Crippen LogP contribution is 2.25. The normalized spacial score (nSPS) is 20.7. The van der Waals surface area contributed by atoms with Crippen LogP contribution in [0.3, 0.4) is 0 Å². The maximum absolute atomic E-state index is 10.7. The Bertz CT molecular complexity index is 501. The van der Waals surface area contributed by atoms with Gasteiger partial charge >= 0.3 is 6.41 Å². The van der Waals surface area contributed by atoms with Gasteiger partial charge in [-0.05, 0) is 25.0 Å². The number of likely N-dealkylation sites (tertiary alicyclic amines) is 1. The summed E-state index contributed by atoms with van der Waals surface area (Å²) in [5.74, 6) is 1.31. The van der Waals surface area contributed by atoms with Gasteiger partial charge in [-0.15, -0.1) is 0 Å². The minimum atomic E-state index is 0.317. The molecule has 0 spiro atoms. The number of rotatable bonds is 2. The second-order valence-electron chi connectivity index (χ2n) is 4.52. The quantitative estimate of drug-likeness (QED) is 0.852. The third-order valence-electron chi connectivity index (χ3n) is 3.34. The van der Waals surface area contributed by atoms with E-state index >= 15 is 0 Å². The molecule has 1 atom stereocenters. The Labute approximate surface area is 99.6 Å². The van der Waals surface area contributed by atoms with Crippen LogP contribution in [0.1, 0.15) is 24.6 Å². The average molecular weight is 228 g/mol.